The first-order valence-electron chi connectivity index (χ1n) is 5.78. The molecule has 1 aromatic carbocycles. The number of benzene rings is 1. The first-order chi connectivity index (χ1) is 7.74. The maximum Gasteiger partial charge on any atom is 0.250 e. The van der Waals surface area contributed by atoms with E-state index in [4.69, 9.17) is 0 Å². The number of amides is 1. The van der Waals surface area contributed by atoms with E-state index in [-0.39, 0.29) is 5.91 Å². The highest BCUT2D eigenvalue weighted by Crippen LogP contribution is 2.11. The molecule has 1 aromatic rings. The van der Waals surface area contributed by atoms with Gasteiger partial charge in [0.05, 0.1) is 0 Å². The minimum absolute atomic E-state index is 0.0673. The lowest BCUT2D eigenvalue weighted by Crippen LogP contribution is -2.13. The number of anilines is 1. The van der Waals surface area contributed by atoms with Gasteiger partial charge >= 0.3 is 0 Å². The summed E-state index contributed by atoms with van der Waals surface area (Å²) in [5.74, 6) is -0.0673. The van der Waals surface area contributed by atoms with Crippen LogP contribution >= 0.6 is 0 Å². The van der Waals surface area contributed by atoms with Gasteiger partial charge in [0.2, 0.25) is 0 Å². The van der Waals surface area contributed by atoms with Crippen molar-refractivity contribution in [3.05, 3.63) is 42.5 Å². The smallest absolute Gasteiger partial charge is 0.250 e. The number of hydrogen-bond acceptors (Lipinski definition) is 1. The van der Waals surface area contributed by atoms with Crippen molar-refractivity contribution in [2.45, 2.75) is 32.6 Å². The van der Waals surface area contributed by atoms with Crippen LogP contribution in [0.25, 0.3) is 0 Å². The van der Waals surface area contributed by atoms with Gasteiger partial charge in [-0.3, -0.25) is 4.79 Å². The van der Waals surface area contributed by atoms with E-state index in [1.54, 1.807) is 0 Å². The number of hydrogen-bond donors (Lipinski definition) is 1. The van der Waals surface area contributed by atoms with Gasteiger partial charge in [-0.2, -0.15) is 0 Å². The Bertz CT molecular complexity index is 343. The summed E-state index contributed by atoms with van der Waals surface area (Å²) in [6.07, 6.45) is 4.13. The molecule has 16 heavy (non-hydrogen) atoms. The molecular formula is C14H19NO. The van der Waals surface area contributed by atoms with Crippen LogP contribution < -0.4 is 5.32 Å². The molecule has 0 saturated carbocycles. The predicted molar refractivity (Wildman–Crippen MR) is 68.4 cm³/mol. The molecule has 1 rings (SSSR count). The van der Waals surface area contributed by atoms with Crippen LogP contribution in [-0.4, -0.2) is 5.91 Å². The number of carbonyl (C=O) groups excluding carboxylic acids is 1. The Morgan fingerprint density at radius 3 is 2.56 bits per heavy atom. The van der Waals surface area contributed by atoms with Gasteiger partial charge in [-0.05, 0) is 25.0 Å². The second kappa shape index (κ2) is 6.83. The largest absolute Gasteiger partial charge is 0.322 e. The molecule has 86 valence electrons. The summed E-state index contributed by atoms with van der Waals surface area (Å²) >= 11 is 0. The summed E-state index contributed by atoms with van der Waals surface area (Å²) in [6, 6.07) is 9.46. The first kappa shape index (κ1) is 12.5. The highest BCUT2D eigenvalue weighted by Gasteiger charge is 2.06. The third kappa shape index (κ3) is 4.30. The van der Waals surface area contributed by atoms with Crippen molar-refractivity contribution in [3.8, 4) is 0 Å². The minimum Gasteiger partial charge on any atom is -0.322 e. The van der Waals surface area contributed by atoms with Gasteiger partial charge in [0.15, 0.2) is 0 Å². The third-order valence-electron chi connectivity index (χ3n) is 2.43. The minimum atomic E-state index is -0.0673. The standard InChI is InChI=1S/C14H19NO/c1-3-4-6-9-12(2)14(16)15-13-10-7-5-8-11-13/h5,7-8,10-11H,2-4,6,9H2,1H3,(H,15,16). The quantitative estimate of drug-likeness (QED) is 0.570. The molecule has 0 aliphatic rings. The molecule has 0 aromatic heterocycles. The zero-order chi connectivity index (χ0) is 11.8. The Balaban J connectivity index is 2.38. The van der Waals surface area contributed by atoms with E-state index in [0.29, 0.717) is 5.57 Å². The van der Waals surface area contributed by atoms with E-state index in [9.17, 15) is 4.79 Å². The number of rotatable bonds is 6. The predicted octanol–water partition coefficient (Wildman–Crippen LogP) is 3.76. The van der Waals surface area contributed by atoms with Gasteiger partial charge in [0, 0.05) is 11.3 Å². The van der Waals surface area contributed by atoms with Crippen LogP contribution in [0.3, 0.4) is 0 Å². The fourth-order valence-corrected chi connectivity index (χ4v) is 1.44. The molecule has 0 saturated heterocycles. The average Bonchev–Trinajstić information content (AvgIpc) is 2.30. The van der Waals surface area contributed by atoms with Crippen molar-refractivity contribution in [2.24, 2.45) is 0 Å². The molecule has 0 aliphatic carbocycles. The number of unbranched alkanes of at least 4 members (excludes halogenated alkanes) is 2. The third-order valence-corrected chi connectivity index (χ3v) is 2.43. The summed E-state index contributed by atoms with van der Waals surface area (Å²) in [5.41, 5.74) is 1.49. The fraction of sp³-hybridized carbons (Fsp3) is 0.357. The van der Waals surface area contributed by atoms with Crippen LogP contribution in [0.15, 0.2) is 42.5 Å². The molecule has 2 nitrogen and oxygen atoms in total. The summed E-state index contributed by atoms with van der Waals surface area (Å²) in [5, 5.41) is 2.83. The first-order valence-corrected chi connectivity index (χ1v) is 5.78. The Labute approximate surface area is 97.4 Å². The molecule has 0 bridgehead atoms. The maximum atomic E-state index is 11.7. The summed E-state index contributed by atoms with van der Waals surface area (Å²) in [4.78, 5) is 11.7. The SMILES string of the molecule is C=C(CCCCC)C(=O)Nc1ccccc1. The Hall–Kier alpha value is -1.57. The second-order valence-electron chi connectivity index (χ2n) is 3.88. The van der Waals surface area contributed by atoms with E-state index in [2.05, 4.69) is 18.8 Å². The van der Waals surface area contributed by atoms with Crippen LogP contribution in [0, 0.1) is 0 Å². The molecule has 0 fully saturated rings. The van der Waals surface area contributed by atoms with Crippen LogP contribution in [0.2, 0.25) is 0 Å². The lowest BCUT2D eigenvalue weighted by molar-refractivity contribution is -0.113. The zero-order valence-corrected chi connectivity index (χ0v) is 9.83. The second-order valence-corrected chi connectivity index (χ2v) is 3.88. The summed E-state index contributed by atoms with van der Waals surface area (Å²) in [6.45, 7) is 5.96. The summed E-state index contributed by atoms with van der Waals surface area (Å²) < 4.78 is 0. The van der Waals surface area contributed by atoms with Crippen molar-refractivity contribution in [1.29, 1.82) is 0 Å². The highest BCUT2D eigenvalue weighted by molar-refractivity contribution is 6.03. The van der Waals surface area contributed by atoms with Gasteiger partial charge in [0.1, 0.15) is 0 Å². The van der Waals surface area contributed by atoms with Crippen molar-refractivity contribution < 1.29 is 4.79 Å². The Morgan fingerprint density at radius 2 is 1.94 bits per heavy atom. The van der Waals surface area contributed by atoms with E-state index in [1.165, 1.54) is 0 Å². The highest BCUT2D eigenvalue weighted by atomic mass is 16.1. The maximum absolute atomic E-state index is 11.7. The summed E-state index contributed by atoms with van der Waals surface area (Å²) in [7, 11) is 0. The van der Waals surface area contributed by atoms with E-state index in [0.717, 1.165) is 31.4 Å². The molecule has 0 aliphatic heterocycles. The molecule has 2 heteroatoms. The van der Waals surface area contributed by atoms with E-state index in [1.807, 2.05) is 30.3 Å². The number of para-hydroxylation sites is 1. The van der Waals surface area contributed by atoms with Gasteiger partial charge in [0.25, 0.3) is 5.91 Å². The van der Waals surface area contributed by atoms with Crippen LogP contribution in [0.1, 0.15) is 32.6 Å². The topological polar surface area (TPSA) is 29.1 Å². The molecule has 0 heterocycles. The normalized spacial score (nSPS) is 9.81. The van der Waals surface area contributed by atoms with Crippen molar-refractivity contribution in [3.63, 3.8) is 0 Å². The van der Waals surface area contributed by atoms with E-state index >= 15 is 0 Å². The van der Waals surface area contributed by atoms with Gasteiger partial charge in [-0.15, -0.1) is 0 Å². The van der Waals surface area contributed by atoms with E-state index < -0.39 is 0 Å². The zero-order valence-electron chi connectivity index (χ0n) is 9.83. The van der Waals surface area contributed by atoms with Gasteiger partial charge < -0.3 is 5.32 Å². The fourth-order valence-electron chi connectivity index (χ4n) is 1.44. The van der Waals surface area contributed by atoms with Crippen LogP contribution in [-0.2, 0) is 4.79 Å². The molecule has 0 unspecified atom stereocenters. The number of carbonyl (C=O) groups is 1. The van der Waals surface area contributed by atoms with Gasteiger partial charge in [-0.1, -0.05) is 44.5 Å². The molecule has 1 amide bonds. The Morgan fingerprint density at radius 1 is 1.25 bits per heavy atom. The average molecular weight is 217 g/mol. The lowest BCUT2D eigenvalue weighted by atomic mass is 10.1. The number of nitrogens with one attached hydrogen (secondary N) is 1. The Kier molecular flexibility index (Phi) is 5.34. The van der Waals surface area contributed by atoms with Crippen LogP contribution in [0.5, 0.6) is 0 Å². The molecule has 1 N–H and O–H groups in total. The van der Waals surface area contributed by atoms with Crippen molar-refractivity contribution >= 4 is 11.6 Å². The molecule has 0 radical (unpaired) electrons. The van der Waals surface area contributed by atoms with Crippen LogP contribution in [0.4, 0.5) is 5.69 Å². The molecule has 0 atom stereocenters. The van der Waals surface area contributed by atoms with Crippen molar-refractivity contribution in [2.75, 3.05) is 5.32 Å². The van der Waals surface area contributed by atoms with Gasteiger partial charge in [-0.25, -0.2) is 0 Å². The molecular weight excluding hydrogens is 198 g/mol. The monoisotopic (exact) mass is 217 g/mol. The van der Waals surface area contributed by atoms with Crippen molar-refractivity contribution in [1.82, 2.24) is 0 Å². The lowest BCUT2D eigenvalue weighted by Gasteiger charge is -2.07. The molecule has 0 spiro atoms.